The fraction of sp³-hybridized carbons (Fsp3) is 0.600. The number of rotatable bonds is 1. The zero-order valence-electron chi connectivity index (χ0n) is 5.88. The SMILES string of the molecule is CC(C)c1nc([SiH3])no1. The van der Waals surface area contributed by atoms with Gasteiger partial charge in [0.1, 0.15) is 5.45 Å². The van der Waals surface area contributed by atoms with Gasteiger partial charge in [-0.15, -0.1) is 0 Å². The van der Waals surface area contributed by atoms with Crippen molar-refractivity contribution in [1.82, 2.24) is 10.1 Å². The standard InChI is InChI=1S/C5H10N2OSi/c1-3(2)4-6-5(9)7-8-4/h3H,1-2,9H3. The van der Waals surface area contributed by atoms with Crippen LogP contribution in [0.3, 0.4) is 0 Å². The van der Waals surface area contributed by atoms with E-state index in [4.69, 9.17) is 4.52 Å². The predicted molar refractivity (Wildman–Crippen MR) is 38.0 cm³/mol. The van der Waals surface area contributed by atoms with Crippen LogP contribution in [0.15, 0.2) is 4.52 Å². The molecule has 3 nitrogen and oxygen atoms in total. The van der Waals surface area contributed by atoms with Crippen LogP contribution in [0.5, 0.6) is 0 Å². The molecule has 0 radical (unpaired) electrons. The lowest BCUT2D eigenvalue weighted by Gasteiger charge is -1.91. The highest BCUT2D eigenvalue weighted by molar-refractivity contribution is 6.28. The van der Waals surface area contributed by atoms with Crippen LogP contribution in [0.25, 0.3) is 0 Å². The average Bonchev–Trinajstić information content (AvgIpc) is 2.14. The third-order valence-corrected chi connectivity index (χ3v) is 1.44. The first-order valence-corrected chi connectivity index (χ1v) is 4.00. The van der Waals surface area contributed by atoms with Crippen molar-refractivity contribution in [3.05, 3.63) is 5.89 Å². The Labute approximate surface area is 56.9 Å². The fourth-order valence-electron chi connectivity index (χ4n) is 0.548. The van der Waals surface area contributed by atoms with Crippen molar-refractivity contribution in [2.75, 3.05) is 0 Å². The summed E-state index contributed by atoms with van der Waals surface area (Å²) in [7, 11) is 0.874. The van der Waals surface area contributed by atoms with Crippen LogP contribution >= 0.6 is 0 Å². The second-order valence-electron chi connectivity index (χ2n) is 2.33. The van der Waals surface area contributed by atoms with Gasteiger partial charge in [-0.3, -0.25) is 0 Å². The summed E-state index contributed by atoms with van der Waals surface area (Å²) in [5.41, 5.74) is 0.846. The molecule has 0 bridgehead atoms. The third-order valence-electron chi connectivity index (χ3n) is 1.04. The molecule has 9 heavy (non-hydrogen) atoms. The minimum absolute atomic E-state index is 0.361. The Morgan fingerprint density at radius 2 is 2.22 bits per heavy atom. The lowest BCUT2D eigenvalue weighted by atomic mass is 10.2. The van der Waals surface area contributed by atoms with Gasteiger partial charge in [-0.1, -0.05) is 19.0 Å². The molecule has 1 aromatic rings. The molecule has 0 aliphatic carbocycles. The summed E-state index contributed by atoms with van der Waals surface area (Å²) in [6, 6.07) is 0. The molecular weight excluding hydrogens is 132 g/mol. The van der Waals surface area contributed by atoms with Crippen LogP contribution in [-0.2, 0) is 0 Å². The second-order valence-corrected chi connectivity index (χ2v) is 3.23. The van der Waals surface area contributed by atoms with E-state index in [1.165, 1.54) is 0 Å². The third kappa shape index (κ3) is 1.38. The smallest absolute Gasteiger partial charge is 0.228 e. The van der Waals surface area contributed by atoms with Crippen LogP contribution in [0.1, 0.15) is 25.7 Å². The van der Waals surface area contributed by atoms with Gasteiger partial charge in [-0.05, 0) is 0 Å². The van der Waals surface area contributed by atoms with E-state index in [0.29, 0.717) is 5.92 Å². The van der Waals surface area contributed by atoms with E-state index in [1.807, 2.05) is 13.8 Å². The maximum atomic E-state index is 4.90. The fourth-order valence-corrected chi connectivity index (χ4v) is 0.859. The summed E-state index contributed by atoms with van der Waals surface area (Å²) in [6.45, 7) is 4.07. The Balaban J connectivity index is 2.85. The zero-order chi connectivity index (χ0) is 6.85. The van der Waals surface area contributed by atoms with Gasteiger partial charge in [-0.2, -0.15) is 0 Å². The molecule has 4 heteroatoms. The van der Waals surface area contributed by atoms with Gasteiger partial charge in [0.15, 0.2) is 0 Å². The highest BCUT2D eigenvalue weighted by Crippen LogP contribution is 2.06. The quantitative estimate of drug-likeness (QED) is 0.481. The van der Waals surface area contributed by atoms with E-state index in [-0.39, 0.29) is 0 Å². The first-order chi connectivity index (χ1) is 4.20. The summed E-state index contributed by atoms with van der Waals surface area (Å²) in [5.74, 6) is 1.11. The summed E-state index contributed by atoms with van der Waals surface area (Å²) >= 11 is 0. The molecular formula is C5H10N2OSi. The molecule has 1 rings (SSSR count). The van der Waals surface area contributed by atoms with Gasteiger partial charge >= 0.3 is 0 Å². The highest BCUT2D eigenvalue weighted by atomic mass is 28.1. The second kappa shape index (κ2) is 2.30. The van der Waals surface area contributed by atoms with E-state index in [0.717, 1.165) is 21.6 Å². The minimum atomic E-state index is 0.361. The molecule has 0 aliphatic heterocycles. The van der Waals surface area contributed by atoms with Crippen molar-refractivity contribution in [2.45, 2.75) is 19.8 Å². The van der Waals surface area contributed by atoms with E-state index >= 15 is 0 Å². The topological polar surface area (TPSA) is 38.9 Å². The van der Waals surface area contributed by atoms with Crippen molar-refractivity contribution in [3.63, 3.8) is 0 Å². The molecule has 0 aromatic carbocycles. The van der Waals surface area contributed by atoms with Crippen molar-refractivity contribution in [1.29, 1.82) is 0 Å². The molecule has 50 valence electrons. The van der Waals surface area contributed by atoms with Crippen LogP contribution in [0.2, 0.25) is 0 Å². The molecule has 0 amide bonds. The van der Waals surface area contributed by atoms with Crippen LogP contribution in [0.4, 0.5) is 0 Å². The molecule has 0 aliphatic rings. The lowest BCUT2D eigenvalue weighted by molar-refractivity contribution is 0.367. The molecule has 0 atom stereocenters. The molecule has 0 spiro atoms. The van der Waals surface area contributed by atoms with E-state index < -0.39 is 0 Å². The monoisotopic (exact) mass is 142 g/mol. The van der Waals surface area contributed by atoms with Crippen LogP contribution in [0, 0.1) is 0 Å². The molecule has 0 saturated heterocycles. The minimum Gasteiger partial charge on any atom is -0.340 e. The predicted octanol–water partition coefficient (Wildman–Crippen LogP) is -0.816. The summed E-state index contributed by atoms with van der Waals surface area (Å²) < 4.78 is 4.90. The summed E-state index contributed by atoms with van der Waals surface area (Å²) in [4.78, 5) is 4.09. The molecule has 0 N–H and O–H groups in total. The average molecular weight is 142 g/mol. The zero-order valence-corrected chi connectivity index (χ0v) is 7.88. The number of nitrogens with zero attached hydrogens (tertiary/aromatic N) is 2. The first kappa shape index (κ1) is 6.48. The number of hydrogen-bond donors (Lipinski definition) is 0. The van der Waals surface area contributed by atoms with Gasteiger partial charge in [0, 0.05) is 5.92 Å². The van der Waals surface area contributed by atoms with Crippen molar-refractivity contribution >= 4 is 15.7 Å². The Bertz CT molecular complexity index is 197. The van der Waals surface area contributed by atoms with Gasteiger partial charge in [0.2, 0.25) is 5.89 Å². The molecule has 0 fully saturated rings. The lowest BCUT2D eigenvalue weighted by Crippen LogP contribution is -2.06. The maximum absolute atomic E-state index is 4.90. The summed E-state index contributed by atoms with van der Waals surface area (Å²) in [6.07, 6.45) is 0. The van der Waals surface area contributed by atoms with Crippen molar-refractivity contribution in [2.24, 2.45) is 0 Å². The van der Waals surface area contributed by atoms with E-state index in [9.17, 15) is 0 Å². The van der Waals surface area contributed by atoms with Crippen molar-refractivity contribution in [3.8, 4) is 0 Å². The largest absolute Gasteiger partial charge is 0.340 e. The molecule has 0 saturated carbocycles. The number of hydrogen-bond acceptors (Lipinski definition) is 3. The van der Waals surface area contributed by atoms with Crippen LogP contribution in [-0.4, -0.2) is 20.4 Å². The highest BCUT2D eigenvalue weighted by Gasteiger charge is 2.05. The van der Waals surface area contributed by atoms with Gasteiger partial charge in [0.05, 0.1) is 10.2 Å². The van der Waals surface area contributed by atoms with Gasteiger partial charge in [0.25, 0.3) is 0 Å². The van der Waals surface area contributed by atoms with Gasteiger partial charge < -0.3 is 4.52 Å². The molecule has 0 unspecified atom stereocenters. The molecule has 1 aromatic heterocycles. The molecule has 1 heterocycles. The van der Waals surface area contributed by atoms with E-state index in [1.54, 1.807) is 0 Å². The Hall–Kier alpha value is -0.643. The summed E-state index contributed by atoms with van der Waals surface area (Å²) in [5, 5.41) is 3.71. The Kier molecular flexibility index (Phi) is 1.66. The van der Waals surface area contributed by atoms with Gasteiger partial charge in [-0.25, -0.2) is 4.98 Å². The van der Waals surface area contributed by atoms with E-state index in [2.05, 4.69) is 10.1 Å². The van der Waals surface area contributed by atoms with Crippen LogP contribution < -0.4 is 5.45 Å². The normalized spacial score (nSPS) is 11.0. The number of aromatic nitrogens is 2. The first-order valence-electron chi connectivity index (χ1n) is 3.00. The van der Waals surface area contributed by atoms with Crippen molar-refractivity contribution < 1.29 is 4.52 Å². The Morgan fingerprint density at radius 1 is 1.56 bits per heavy atom. The maximum Gasteiger partial charge on any atom is 0.228 e. The Morgan fingerprint density at radius 3 is 2.44 bits per heavy atom.